The molecule has 0 spiro atoms. The predicted molar refractivity (Wildman–Crippen MR) is 50.4 cm³/mol. The summed E-state index contributed by atoms with van der Waals surface area (Å²) in [4.78, 5) is 14.4. The summed E-state index contributed by atoms with van der Waals surface area (Å²) in [6, 6.07) is 7.20. The summed E-state index contributed by atoms with van der Waals surface area (Å²) in [5.41, 5.74) is 0.909. The Morgan fingerprint density at radius 3 is 2.43 bits per heavy atom. The molecule has 0 unspecified atom stereocenters. The molecule has 1 aromatic carbocycles. The average molecular weight is 192 g/mol. The number of H-pyrrole nitrogens is 1. The number of hydrogen-bond donors (Lipinski definition) is 3. The molecule has 0 bridgehead atoms. The number of benzene rings is 1. The summed E-state index contributed by atoms with van der Waals surface area (Å²) in [6.07, 6.45) is 0. The van der Waals surface area contributed by atoms with Crippen LogP contribution in [0.25, 0.3) is 11.0 Å². The molecule has 14 heavy (non-hydrogen) atoms. The number of hydrogen-bond acceptors (Lipinski definition) is 5. The Morgan fingerprint density at radius 1 is 1.21 bits per heavy atom. The highest BCUT2D eigenvalue weighted by molar-refractivity contribution is 6.13. The van der Waals surface area contributed by atoms with Crippen molar-refractivity contribution in [3.63, 3.8) is 0 Å². The molecule has 0 atom stereocenters. The number of fused-ring (bicyclic) bond motifs is 1. The van der Waals surface area contributed by atoms with Crippen molar-refractivity contribution >= 4 is 18.7 Å². The van der Waals surface area contributed by atoms with E-state index in [0.29, 0.717) is 11.0 Å². The molecule has 1 aromatic heterocycles. The lowest BCUT2D eigenvalue weighted by Gasteiger charge is -1.90. The number of nitrogens with zero attached hydrogens (tertiary/aromatic N) is 2. The highest BCUT2D eigenvalue weighted by Crippen LogP contribution is 2.02. The second kappa shape index (κ2) is 5.10. The quantitative estimate of drug-likeness (QED) is 0.456. The Hall–Kier alpha value is -1.73. The van der Waals surface area contributed by atoms with Crippen molar-refractivity contribution in [2.45, 2.75) is 0 Å². The van der Waals surface area contributed by atoms with Gasteiger partial charge in [-0.25, -0.2) is 9.89 Å². The molecule has 0 saturated carbocycles. The van der Waals surface area contributed by atoms with E-state index in [0.717, 1.165) is 0 Å². The fraction of sp³-hybridized carbons (Fsp3) is 0. The molecule has 0 aliphatic heterocycles. The Morgan fingerprint density at radius 2 is 1.79 bits per heavy atom. The van der Waals surface area contributed by atoms with Crippen molar-refractivity contribution in [2.75, 3.05) is 0 Å². The minimum atomic E-state index is -0.413. The van der Waals surface area contributed by atoms with Crippen molar-refractivity contribution in [1.82, 2.24) is 15.2 Å². The third-order valence-electron chi connectivity index (χ3n) is 1.38. The molecule has 1 heterocycles. The van der Waals surface area contributed by atoms with Crippen LogP contribution in [0.2, 0.25) is 0 Å². The van der Waals surface area contributed by atoms with E-state index in [2.05, 4.69) is 15.2 Å². The van der Waals surface area contributed by atoms with E-state index in [1.165, 1.54) is 0 Å². The molecule has 71 valence electrons. The van der Waals surface area contributed by atoms with Gasteiger partial charge in [0.1, 0.15) is 5.52 Å². The standard InChI is InChI=1S/C7H5N3O.BH2O2/c11-7-8-5-3-1-2-4-6(5)9-10-7;2-1-3/h1-4H,(H,8,10,11);2-3H. The van der Waals surface area contributed by atoms with E-state index in [1.54, 1.807) is 12.1 Å². The van der Waals surface area contributed by atoms with Crippen LogP contribution in [0.5, 0.6) is 0 Å². The van der Waals surface area contributed by atoms with Crippen LogP contribution < -0.4 is 5.69 Å². The Bertz CT molecular complexity index is 459. The van der Waals surface area contributed by atoms with Crippen LogP contribution in [0.1, 0.15) is 0 Å². The zero-order valence-electron chi connectivity index (χ0n) is 7.08. The van der Waals surface area contributed by atoms with Gasteiger partial charge in [-0.05, 0) is 12.1 Å². The van der Waals surface area contributed by atoms with Crippen molar-refractivity contribution < 1.29 is 10.0 Å². The summed E-state index contributed by atoms with van der Waals surface area (Å²) >= 11 is 0. The maximum atomic E-state index is 10.7. The minimum absolute atomic E-state index is 0. The Labute approximate surface area is 79.6 Å². The number of para-hydroxylation sites is 2. The van der Waals surface area contributed by atoms with Crippen LogP contribution in [0.3, 0.4) is 0 Å². The number of rotatable bonds is 0. The largest absolute Gasteiger partial charge is 0.482 e. The molecule has 0 saturated heterocycles. The van der Waals surface area contributed by atoms with E-state index in [9.17, 15) is 4.79 Å². The van der Waals surface area contributed by atoms with E-state index in [4.69, 9.17) is 10.0 Å². The molecular weight excluding hydrogens is 185 g/mol. The van der Waals surface area contributed by atoms with Crippen LogP contribution in [0.4, 0.5) is 0 Å². The van der Waals surface area contributed by atoms with Crippen LogP contribution in [0.15, 0.2) is 29.1 Å². The fourth-order valence-corrected chi connectivity index (χ4v) is 0.896. The molecule has 7 heteroatoms. The van der Waals surface area contributed by atoms with Gasteiger partial charge in [-0.2, -0.15) is 10.1 Å². The Kier molecular flexibility index (Phi) is 3.77. The molecule has 0 aliphatic rings. The van der Waals surface area contributed by atoms with Gasteiger partial charge in [0.25, 0.3) is 0 Å². The zero-order chi connectivity index (χ0) is 10.4. The first-order valence-electron chi connectivity index (χ1n) is 3.69. The molecule has 2 aromatic rings. The third-order valence-corrected chi connectivity index (χ3v) is 1.38. The molecule has 6 nitrogen and oxygen atoms in total. The van der Waals surface area contributed by atoms with Gasteiger partial charge in [0.2, 0.25) is 0 Å². The first kappa shape index (κ1) is 10.4. The van der Waals surface area contributed by atoms with Crippen molar-refractivity contribution in [3.8, 4) is 0 Å². The molecule has 0 fully saturated rings. The van der Waals surface area contributed by atoms with Gasteiger partial charge >= 0.3 is 13.4 Å². The first-order valence-corrected chi connectivity index (χ1v) is 3.69. The number of aromatic amines is 1. The zero-order valence-corrected chi connectivity index (χ0v) is 7.08. The lowest BCUT2D eigenvalue weighted by molar-refractivity contribution is 0.448. The van der Waals surface area contributed by atoms with Gasteiger partial charge in [-0.3, -0.25) is 0 Å². The van der Waals surface area contributed by atoms with Crippen molar-refractivity contribution in [3.05, 3.63) is 34.7 Å². The number of aromatic nitrogens is 3. The summed E-state index contributed by atoms with van der Waals surface area (Å²) in [6.45, 7) is 0. The van der Waals surface area contributed by atoms with Crippen LogP contribution in [0, 0.1) is 0 Å². The smallest absolute Gasteiger partial charge is 0.429 e. The van der Waals surface area contributed by atoms with Crippen molar-refractivity contribution in [2.24, 2.45) is 0 Å². The predicted octanol–water partition coefficient (Wildman–Crippen LogP) is -1.18. The van der Waals surface area contributed by atoms with E-state index in [1.807, 2.05) is 12.1 Å². The van der Waals surface area contributed by atoms with Gasteiger partial charge < -0.3 is 10.0 Å². The molecule has 3 N–H and O–H groups in total. The van der Waals surface area contributed by atoms with E-state index >= 15 is 0 Å². The summed E-state index contributed by atoms with van der Waals surface area (Å²) in [7, 11) is 0. The minimum Gasteiger partial charge on any atom is -0.429 e. The topological polar surface area (TPSA) is 99.1 Å². The van der Waals surface area contributed by atoms with Gasteiger partial charge in [0, 0.05) is 0 Å². The molecular formula is C7H7BN3O3. The molecule has 1 radical (unpaired) electrons. The van der Waals surface area contributed by atoms with E-state index in [-0.39, 0.29) is 7.69 Å². The van der Waals surface area contributed by atoms with Gasteiger partial charge in [0.05, 0.1) is 5.52 Å². The highest BCUT2D eigenvalue weighted by Gasteiger charge is 1.92. The maximum Gasteiger partial charge on any atom is 0.482 e. The van der Waals surface area contributed by atoms with Gasteiger partial charge in [-0.1, -0.05) is 12.1 Å². The van der Waals surface area contributed by atoms with Crippen LogP contribution in [-0.4, -0.2) is 32.9 Å². The summed E-state index contributed by atoms with van der Waals surface area (Å²) in [5, 5.41) is 20.0. The SMILES string of the molecule is O=c1nc2ccccc2n[nH]1.O[B]O. The Balaban J connectivity index is 0.000000293. The second-order valence-corrected chi connectivity index (χ2v) is 2.24. The average Bonchev–Trinajstić information content (AvgIpc) is 2.19. The van der Waals surface area contributed by atoms with Crippen molar-refractivity contribution in [1.29, 1.82) is 0 Å². The lowest BCUT2D eigenvalue weighted by atomic mass is 10.3. The van der Waals surface area contributed by atoms with Crippen LogP contribution >= 0.6 is 0 Å². The van der Waals surface area contributed by atoms with Gasteiger partial charge in [0.15, 0.2) is 0 Å². The van der Waals surface area contributed by atoms with E-state index < -0.39 is 5.69 Å². The molecule has 2 rings (SSSR count). The summed E-state index contributed by atoms with van der Waals surface area (Å²) < 4.78 is 0. The maximum absolute atomic E-state index is 10.7. The normalized spacial score (nSPS) is 9.00. The summed E-state index contributed by atoms with van der Waals surface area (Å²) in [5.74, 6) is 0. The van der Waals surface area contributed by atoms with Crippen LogP contribution in [-0.2, 0) is 0 Å². The first-order chi connectivity index (χ1) is 6.77. The molecule has 0 aliphatic carbocycles. The third kappa shape index (κ3) is 2.65. The molecule has 0 amide bonds. The van der Waals surface area contributed by atoms with Gasteiger partial charge in [-0.15, -0.1) is 0 Å². The lowest BCUT2D eigenvalue weighted by Crippen LogP contribution is -2.11. The number of nitrogens with one attached hydrogen (secondary N) is 1. The fourth-order valence-electron chi connectivity index (χ4n) is 0.896. The highest BCUT2D eigenvalue weighted by atomic mass is 16.4. The monoisotopic (exact) mass is 192 g/mol. The second-order valence-electron chi connectivity index (χ2n) is 2.24.